The van der Waals surface area contributed by atoms with Crippen molar-refractivity contribution in [3.63, 3.8) is 0 Å². The number of nitrogens with zero attached hydrogens (tertiary/aromatic N) is 1. The number of imide groups is 1. The predicted octanol–water partition coefficient (Wildman–Crippen LogP) is -0.802. The highest BCUT2D eigenvalue weighted by atomic mass is 16.4. The first-order valence-electron chi connectivity index (χ1n) is 4.85. The van der Waals surface area contributed by atoms with E-state index in [4.69, 9.17) is 5.11 Å². The molecule has 1 rings (SSSR count). The Morgan fingerprint density at radius 2 is 2.27 bits per heavy atom. The Morgan fingerprint density at radius 1 is 1.60 bits per heavy atom. The molecule has 0 aromatic heterocycles. The molecule has 1 saturated heterocycles. The molecule has 0 saturated carbocycles. The van der Waals surface area contributed by atoms with Crippen molar-refractivity contribution in [3.8, 4) is 0 Å². The van der Waals surface area contributed by atoms with Crippen molar-refractivity contribution in [3.05, 3.63) is 0 Å². The second-order valence-electron chi connectivity index (χ2n) is 3.41. The van der Waals surface area contributed by atoms with Crippen molar-refractivity contribution in [1.29, 1.82) is 0 Å². The third-order valence-electron chi connectivity index (χ3n) is 2.19. The van der Waals surface area contributed by atoms with E-state index in [9.17, 15) is 14.4 Å². The minimum absolute atomic E-state index is 0.0616. The van der Waals surface area contributed by atoms with Gasteiger partial charge in [0.2, 0.25) is 11.8 Å². The zero-order valence-electron chi connectivity index (χ0n) is 8.52. The zero-order chi connectivity index (χ0) is 11.4. The topological polar surface area (TPSA) is 86.7 Å². The van der Waals surface area contributed by atoms with Crippen LogP contribution in [0.4, 0.5) is 0 Å². The fraction of sp³-hybridized carbons (Fsp3) is 0.667. The fourth-order valence-electron chi connectivity index (χ4n) is 1.51. The first-order valence-corrected chi connectivity index (χ1v) is 4.85. The molecule has 2 amide bonds. The second kappa shape index (κ2) is 4.88. The molecular weight excluding hydrogens is 200 g/mol. The van der Waals surface area contributed by atoms with Crippen LogP contribution in [0.5, 0.6) is 0 Å². The second-order valence-corrected chi connectivity index (χ2v) is 3.41. The van der Waals surface area contributed by atoms with E-state index in [1.54, 1.807) is 0 Å². The monoisotopic (exact) mass is 214 g/mol. The van der Waals surface area contributed by atoms with Gasteiger partial charge < -0.3 is 5.11 Å². The molecule has 1 atom stereocenters. The average Bonchev–Trinajstić information content (AvgIpc) is 2.43. The van der Waals surface area contributed by atoms with E-state index in [1.807, 2.05) is 6.92 Å². The Morgan fingerprint density at radius 3 is 2.80 bits per heavy atom. The summed E-state index contributed by atoms with van der Waals surface area (Å²) in [6.45, 7) is 1.98. The maximum Gasteiger partial charge on any atom is 0.317 e. The van der Waals surface area contributed by atoms with Gasteiger partial charge in [-0.25, -0.2) is 0 Å². The lowest BCUT2D eigenvalue weighted by Gasteiger charge is -2.13. The van der Waals surface area contributed by atoms with E-state index in [0.717, 1.165) is 0 Å². The highest BCUT2D eigenvalue weighted by molar-refractivity contribution is 6.05. The molecule has 6 heteroatoms. The van der Waals surface area contributed by atoms with Gasteiger partial charge >= 0.3 is 5.97 Å². The van der Waals surface area contributed by atoms with E-state index in [1.165, 1.54) is 4.90 Å². The van der Waals surface area contributed by atoms with Gasteiger partial charge in [0, 0.05) is 6.54 Å². The molecule has 0 spiro atoms. The normalized spacial score (nSPS) is 21.1. The van der Waals surface area contributed by atoms with Crippen LogP contribution in [0.15, 0.2) is 0 Å². The Kier molecular flexibility index (Phi) is 3.79. The Balaban J connectivity index is 2.53. The summed E-state index contributed by atoms with van der Waals surface area (Å²) in [4.78, 5) is 34.4. The molecule has 1 heterocycles. The van der Waals surface area contributed by atoms with Crippen LogP contribution in [0, 0.1) is 0 Å². The number of carbonyl (C=O) groups excluding carboxylic acids is 2. The minimum atomic E-state index is -1.04. The summed E-state index contributed by atoms with van der Waals surface area (Å²) in [6, 6.07) is -0.667. The van der Waals surface area contributed by atoms with E-state index >= 15 is 0 Å². The molecule has 0 radical (unpaired) electrons. The van der Waals surface area contributed by atoms with Gasteiger partial charge in [-0.1, -0.05) is 6.92 Å². The summed E-state index contributed by atoms with van der Waals surface area (Å²) in [5, 5.41) is 11.0. The van der Waals surface area contributed by atoms with Crippen LogP contribution in [-0.2, 0) is 14.4 Å². The first kappa shape index (κ1) is 11.6. The van der Waals surface area contributed by atoms with E-state index in [2.05, 4.69) is 5.32 Å². The van der Waals surface area contributed by atoms with E-state index in [-0.39, 0.29) is 24.8 Å². The van der Waals surface area contributed by atoms with Gasteiger partial charge in [-0.15, -0.1) is 0 Å². The number of carboxylic acids is 1. The molecule has 0 aromatic rings. The number of aliphatic carboxylic acids is 1. The van der Waals surface area contributed by atoms with E-state index in [0.29, 0.717) is 13.0 Å². The Hall–Kier alpha value is -1.43. The third-order valence-corrected chi connectivity index (χ3v) is 2.19. The standard InChI is InChI=1S/C9H14N2O4/c1-2-3-11-7(12)4-6(9(11)15)10-5-8(13)14/h6,10H,2-5H2,1H3,(H,13,14). The minimum Gasteiger partial charge on any atom is -0.480 e. The smallest absolute Gasteiger partial charge is 0.317 e. The number of carboxylic acid groups (broad SMARTS) is 1. The Labute approximate surface area is 87.2 Å². The molecule has 6 nitrogen and oxygen atoms in total. The summed E-state index contributed by atoms with van der Waals surface area (Å²) < 4.78 is 0. The van der Waals surface area contributed by atoms with Crippen molar-refractivity contribution < 1.29 is 19.5 Å². The SMILES string of the molecule is CCCN1C(=O)CC(NCC(=O)O)C1=O. The van der Waals surface area contributed by atoms with Crippen LogP contribution in [0.3, 0.4) is 0 Å². The van der Waals surface area contributed by atoms with Gasteiger partial charge in [-0.05, 0) is 6.42 Å². The third kappa shape index (κ3) is 2.76. The number of nitrogens with one attached hydrogen (secondary N) is 1. The molecular formula is C9H14N2O4. The fourth-order valence-corrected chi connectivity index (χ4v) is 1.51. The number of rotatable bonds is 5. The van der Waals surface area contributed by atoms with Crippen molar-refractivity contribution in [1.82, 2.24) is 10.2 Å². The van der Waals surface area contributed by atoms with E-state index < -0.39 is 12.0 Å². The lowest BCUT2D eigenvalue weighted by molar-refractivity contribution is -0.138. The maximum absolute atomic E-state index is 11.6. The number of carbonyl (C=O) groups is 3. The van der Waals surface area contributed by atoms with Crippen molar-refractivity contribution in [2.75, 3.05) is 13.1 Å². The van der Waals surface area contributed by atoms with Gasteiger partial charge in [-0.3, -0.25) is 24.6 Å². The molecule has 1 aliphatic heterocycles. The number of hydrogen-bond donors (Lipinski definition) is 2. The van der Waals surface area contributed by atoms with Crippen molar-refractivity contribution in [2.45, 2.75) is 25.8 Å². The summed E-state index contributed by atoms with van der Waals surface area (Å²) in [7, 11) is 0. The quantitative estimate of drug-likeness (QED) is 0.585. The highest BCUT2D eigenvalue weighted by Crippen LogP contribution is 2.12. The number of likely N-dealkylation sites (tertiary alicyclic amines) is 1. The van der Waals surface area contributed by atoms with Crippen LogP contribution in [0.25, 0.3) is 0 Å². The highest BCUT2D eigenvalue weighted by Gasteiger charge is 2.37. The van der Waals surface area contributed by atoms with Crippen molar-refractivity contribution >= 4 is 17.8 Å². The molecule has 1 aliphatic rings. The van der Waals surface area contributed by atoms with Gasteiger partial charge in [0.05, 0.1) is 19.0 Å². The molecule has 2 N–H and O–H groups in total. The van der Waals surface area contributed by atoms with Gasteiger partial charge in [0.15, 0.2) is 0 Å². The molecule has 15 heavy (non-hydrogen) atoms. The summed E-state index contributed by atoms with van der Waals surface area (Å²) in [6.07, 6.45) is 0.773. The van der Waals surface area contributed by atoms with Crippen LogP contribution in [-0.4, -0.2) is 46.9 Å². The molecule has 0 aromatic carbocycles. The molecule has 1 fully saturated rings. The lowest BCUT2D eigenvalue weighted by atomic mass is 10.2. The molecule has 1 unspecified atom stereocenters. The first-order chi connectivity index (χ1) is 7.06. The van der Waals surface area contributed by atoms with Gasteiger partial charge in [0.25, 0.3) is 0 Å². The number of hydrogen-bond acceptors (Lipinski definition) is 4. The summed E-state index contributed by atoms with van der Waals surface area (Å²) >= 11 is 0. The van der Waals surface area contributed by atoms with Crippen molar-refractivity contribution in [2.24, 2.45) is 0 Å². The molecule has 0 bridgehead atoms. The number of amides is 2. The lowest BCUT2D eigenvalue weighted by Crippen LogP contribution is -2.41. The average molecular weight is 214 g/mol. The van der Waals surface area contributed by atoms with Crippen LogP contribution in [0.1, 0.15) is 19.8 Å². The Bertz CT molecular complexity index is 290. The molecule has 84 valence electrons. The van der Waals surface area contributed by atoms with Gasteiger partial charge in [0.1, 0.15) is 0 Å². The molecule has 0 aliphatic carbocycles. The van der Waals surface area contributed by atoms with Crippen LogP contribution in [0.2, 0.25) is 0 Å². The van der Waals surface area contributed by atoms with Gasteiger partial charge in [-0.2, -0.15) is 0 Å². The summed E-state index contributed by atoms with van der Waals surface area (Å²) in [5.74, 6) is -1.59. The predicted molar refractivity (Wildman–Crippen MR) is 51.1 cm³/mol. The zero-order valence-corrected chi connectivity index (χ0v) is 8.52. The summed E-state index contributed by atoms with van der Waals surface area (Å²) in [5.41, 5.74) is 0. The maximum atomic E-state index is 11.6. The largest absolute Gasteiger partial charge is 0.480 e. The van der Waals surface area contributed by atoms with Crippen LogP contribution >= 0.6 is 0 Å². The van der Waals surface area contributed by atoms with Crippen LogP contribution < -0.4 is 5.32 Å².